The topological polar surface area (TPSA) is 104 Å². The number of anilines is 1. The van der Waals surface area contributed by atoms with Gasteiger partial charge in [0.1, 0.15) is 17.0 Å². The zero-order chi connectivity index (χ0) is 22.9. The second-order valence-corrected chi connectivity index (χ2v) is 9.18. The Labute approximate surface area is 194 Å². The quantitative estimate of drug-likeness (QED) is 0.432. The van der Waals surface area contributed by atoms with Gasteiger partial charge in [-0.05, 0) is 48.2 Å². The number of hydrogen-bond donors (Lipinski definition) is 2. The summed E-state index contributed by atoms with van der Waals surface area (Å²) in [6, 6.07) is 11.9. The lowest BCUT2D eigenvalue weighted by atomic mass is 9.94. The largest absolute Gasteiger partial charge is 0.377 e. The molecule has 33 heavy (non-hydrogen) atoms. The van der Waals surface area contributed by atoms with E-state index in [-0.39, 0.29) is 11.8 Å². The van der Waals surface area contributed by atoms with Gasteiger partial charge in [-0.25, -0.2) is 9.19 Å². The molecule has 1 aromatic carbocycles. The van der Waals surface area contributed by atoms with Crippen LogP contribution in [0.1, 0.15) is 18.1 Å². The highest BCUT2D eigenvalue weighted by molar-refractivity contribution is 7.78. The van der Waals surface area contributed by atoms with Gasteiger partial charge < -0.3 is 14.2 Å². The van der Waals surface area contributed by atoms with E-state index in [2.05, 4.69) is 28.1 Å². The lowest BCUT2D eigenvalue weighted by molar-refractivity contribution is 0.0986. The van der Waals surface area contributed by atoms with E-state index < -0.39 is 11.1 Å². The molecule has 1 unspecified atom stereocenters. The Morgan fingerprint density at radius 2 is 2.12 bits per heavy atom. The molecular weight excluding hydrogens is 438 g/mol. The van der Waals surface area contributed by atoms with Gasteiger partial charge in [-0.2, -0.15) is 5.10 Å². The Morgan fingerprint density at radius 1 is 1.27 bits per heavy atom. The average molecular weight is 464 g/mol. The van der Waals surface area contributed by atoms with E-state index in [9.17, 15) is 8.76 Å². The fourth-order valence-corrected chi connectivity index (χ4v) is 4.96. The number of aryl methyl sites for hydroxylation is 1. The Morgan fingerprint density at radius 3 is 2.88 bits per heavy atom. The number of hydrogen-bond acceptors (Lipinski definition) is 6. The maximum absolute atomic E-state index is 11.7. The molecule has 0 aliphatic carbocycles. The van der Waals surface area contributed by atoms with Crippen LogP contribution in [0, 0.1) is 6.92 Å². The van der Waals surface area contributed by atoms with Crippen LogP contribution in [0.2, 0.25) is 0 Å². The predicted octanol–water partition coefficient (Wildman–Crippen LogP) is 3.94. The summed E-state index contributed by atoms with van der Waals surface area (Å²) in [7, 11) is 0. The number of morpholine rings is 1. The van der Waals surface area contributed by atoms with Gasteiger partial charge in [0, 0.05) is 24.3 Å². The Kier molecular flexibility index (Phi) is 5.92. The number of nitrogens with one attached hydrogen (secondary N) is 1. The summed E-state index contributed by atoms with van der Waals surface area (Å²) in [6.45, 7) is 6.15. The van der Waals surface area contributed by atoms with Crippen LogP contribution >= 0.6 is 0 Å². The summed E-state index contributed by atoms with van der Waals surface area (Å²) in [5.41, 5.74) is 5.96. The third kappa shape index (κ3) is 4.15. The van der Waals surface area contributed by atoms with Crippen LogP contribution < -0.4 is 4.90 Å². The highest BCUT2D eigenvalue weighted by Crippen LogP contribution is 2.38. The summed E-state index contributed by atoms with van der Waals surface area (Å²) in [5.74, 6) is 0.891. The molecule has 2 N–H and O–H groups in total. The van der Waals surface area contributed by atoms with E-state index in [0.29, 0.717) is 13.2 Å². The summed E-state index contributed by atoms with van der Waals surface area (Å²) in [6.07, 6.45) is 3.54. The first-order chi connectivity index (χ1) is 16.0. The third-order valence-electron chi connectivity index (χ3n) is 6.02. The molecule has 4 heterocycles. The van der Waals surface area contributed by atoms with Crippen LogP contribution in [-0.4, -0.2) is 54.7 Å². The van der Waals surface area contributed by atoms with Crippen molar-refractivity contribution in [2.45, 2.75) is 25.6 Å². The minimum absolute atomic E-state index is 0.0564. The van der Waals surface area contributed by atoms with Crippen molar-refractivity contribution < 1.29 is 13.5 Å². The molecule has 5 rings (SSSR count). The van der Waals surface area contributed by atoms with Crippen molar-refractivity contribution in [3.63, 3.8) is 0 Å². The minimum atomic E-state index is -1.95. The summed E-state index contributed by atoms with van der Waals surface area (Å²) in [4.78, 5) is 12.0. The third-order valence-corrected chi connectivity index (χ3v) is 6.57. The van der Waals surface area contributed by atoms with Crippen LogP contribution in [0.15, 0.2) is 48.8 Å². The number of benzene rings is 1. The molecule has 170 valence electrons. The highest BCUT2D eigenvalue weighted by atomic mass is 32.2. The van der Waals surface area contributed by atoms with Gasteiger partial charge in [0.2, 0.25) is 0 Å². The first kappa shape index (κ1) is 21.7. The van der Waals surface area contributed by atoms with E-state index in [1.54, 1.807) is 6.20 Å². The van der Waals surface area contributed by atoms with Crippen molar-refractivity contribution in [1.82, 2.24) is 20.2 Å². The molecule has 3 aromatic heterocycles. The van der Waals surface area contributed by atoms with Crippen LogP contribution in [0.4, 0.5) is 5.82 Å². The zero-order valence-electron chi connectivity index (χ0n) is 18.5. The second kappa shape index (κ2) is 9.01. The van der Waals surface area contributed by atoms with Crippen LogP contribution in [0.5, 0.6) is 0 Å². The van der Waals surface area contributed by atoms with Crippen LogP contribution in [0.25, 0.3) is 33.4 Å². The van der Waals surface area contributed by atoms with Crippen molar-refractivity contribution in [3.8, 4) is 22.5 Å². The molecule has 2 atom stereocenters. The summed E-state index contributed by atoms with van der Waals surface area (Å²) in [5, 5.41) is 8.08. The number of aromatic amines is 1. The van der Waals surface area contributed by atoms with Gasteiger partial charge in [0.05, 0.1) is 30.7 Å². The normalized spacial score (nSPS) is 17.4. The van der Waals surface area contributed by atoms with Crippen molar-refractivity contribution in [2.24, 2.45) is 0 Å². The Bertz CT molecular complexity index is 1330. The molecule has 0 saturated carbocycles. The maximum atomic E-state index is 11.7. The minimum Gasteiger partial charge on any atom is -0.377 e. The first-order valence-electron chi connectivity index (χ1n) is 10.8. The SMILES string of the molecule is Cc1cnc(-c2ccn[nH]2)c2nc(N3CCOC[C@H]3C)cc(-c3ccccc3CS(=O)O)c12. The molecule has 9 heteroatoms. The van der Waals surface area contributed by atoms with Crippen molar-refractivity contribution in [2.75, 3.05) is 24.7 Å². The predicted molar refractivity (Wildman–Crippen MR) is 129 cm³/mol. The fourth-order valence-electron chi connectivity index (χ4n) is 4.44. The Hall–Kier alpha value is -3.14. The molecule has 1 fully saturated rings. The molecule has 1 aliphatic rings. The fraction of sp³-hybridized carbons (Fsp3) is 0.292. The molecule has 0 amide bonds. The number of rotatable bonds is 5. The highest BCUT2D eigenvalue weighted by Gasteiger charge is 2.24. The molecule has 0 spiro atoms. The van der Waals surface area contributed by atoms with Gasteiger partial charge in [0.15, 0.2) is 11.1 Å². The van der Waals surface area contributed by atoms with Crippen molar-refractivity contribution in [3.05, 3.63) is 59.9 Å². The smallest absolute Gasteiger partial charge is 0.157 e. The number of ether oxygens (including phenoxy) is 1. The van der Waals surface area contributed by atoms with E-state index in [4.69, 9.17) is 14.7 Å². The van der Waals surface area contributed by atoms with Gasteiger partial charge >= 0.3 is 0 Å². The maximum Gasteiger partial charge on any atom is 0.157 e. The van der Waals surface area contributed by atoms with Gasteiger partial charge in [-0.15, -0.1) is 0 Å². The summed E-state index contributed by atoms with van der Waals surface area (Å²) >= 11 is -1.95. The van der Waals surface area contributed by atoms with Gasteiger partial charge in [-0.1, -0.05) is 24.3 Å². The van der Waals surface area contributed by atoms with Crippen molar-refractivity contribution in [1.29, 1.82) is 0 Å². The van der Waals surface area contributed by atoms with E-state index in [1.807, 2.05) is 43.5 Å². The van der Waals surface area contributed by atoms with E-state index in [1.165, 1.54) is 0 Å². The zero-order valence-corrected chi connectivity index (χ0v) is 19.3. The lowest BCUT2D eigenvalue weighted by Gasteiger charge is -2.35. The number of nitrogens with zero attached hydrogens (tertiary/aromatic N) is 4. The molecule has 1 saturated heterocycles. The molecular formula is C24H25N5O3S. The lowest BCUT2D eigenvalue weighted by Crippen LogP contribution is -2.44. The van der Waals surface area contributed by atoms with Gasteiger partial charge in [-0.3, -0.25) is 10.1 Å². The van der Waals surface area contributed by atoms with Crippen molar-refractivity contribution >= 4 is 27.8 Å². The monoisotopic (exact) mass is 463 g/mol. The second-order valence-electron chi connectivity index (χ2n) is 8.25. The number of pyridine rings is 2. The molecule has 0 bridgehead atoms. The van der Waals surface area contributed by atoms with E-state index in [0.717, 1.165) is 56.9 Å². The van der Waals surface area contributed by atoms with Gasteiger partial charge in [0.25, 0.3) is 0 Å². The van der Waals surface area contributed by atoms with Crippen LogP contribution in [0.3, 0.4) is 0 Å². The number of aromatic nitrogens is 4. The average Bonchev–Trinajstić information content (AvgIpc) is 3.34. The number of fused-ring (bicyclic) bond motifs is 1. The molecule has 1 aliphatic heterocycles. The summed E-state index contributed by atoms with van der Waals surface area (Å²) < 4.78 is 27.0. The van der Waals surface area contributed by atoms with E-state index >= 15 is 0 Å². The molecule has 0 radical (unpaired) electrons. The van der Waals surface area contributed by atoms with Crippen LogP contribution in [-0.2, 0) is 21.6 Å². The first-order valence-corrected chi connectivity index (χ1v) is 12.1. The molecule has 4 aromatic rings. The number of H-pyrrole nitrogens is 1. The Balaban J connectivity index is 1.83. The standard InChI is InChI=1S/C24H25N5O3S/c1-15-12-25-23(20-7-8-26-28-20)24-22(15)19(18-6-4-3-5-17(18)14-33(30)31)11-21(27-24)29-9-10-32-13-16(29)2/h3-8,11-12,16H,9-10,13-14H2,1-2H3,(H,26,28)(H,30,31)/t16-/m1/s1. The molecule has 8 nitrogen and oxygen atoms in total.